The fraction of sp³-hybridized carbons (Fsp3) is 0.524. The van der Waals surface area contributed by atoms with Crippen LogP contribution in [0.3, 0.4) is 0 Å². The van der Waals surface area contributed by atoms with Crippen LogP contribution in [-0.2, 0) is 11.2 Å². The second-order valence-corrected chi connectivity index (χ2v) is 7.91. The minimum Gasteiger partial charge on any atom is -0.444 e. The molecule has 1 N–H and O–H groups in total. The first-order valence-electron chi connectivity index (χ1n) is 9.49. The van der Waals surface area contributed by atoms with E-state index in [1.54, 1.807) is 0 Å². The molecule has 0 bridgehead atoms. The van der Waals surface area contributed by atoms with E-state index in [1.807, 2.05) is 26.8 Å². The number of amides is 1. The molecule has 3 rings (SSSR count). The van der Waals surface area contributed by atoms with E-state index in [0.717, 1.165) is 43.6 Å². The van der Waals surface area contributed by atoms with Gasteiger partial charge in [0.25, 0.3) is 0 Å². The number of anilines is 1. The van der Waals surface area contributed by atoms with Gasteiger partial charge in [0, 0.05) is 35.9 Å². The number of nitrogens with one attached hydrogen (secondary N) is 1. The number of fused-ring (bicyclic) bond motifs is 1. The molecule has 140 valence electrons. The summed E-state index contributed by atoms with van der Waals surface area (Å²) >= 11 is 0. The number of alkyl carbamates (subject to hydrolysis) is 1. The maximum absolute atomic E-state index is 12.0. The van der Waals surface area contributed by atoms with Crippen molar-refractivity contribution in [2.75, 3.05) is 18.0 Å². The summed E-state index contributed by atoms with van der Waals surface area (Å²) in [4.78, 5) is 19.1. The van der Waals surface area contributed by atoms with Gasteiger partial charge in [0.1, 0.15) is 5.60 Å². The quantitative estimate of drug-likeness (QED) is 0.892. The largest absolute Gasteiger partial charge is 0.444 e. The summed E-state index contributed by atoms with van der Waals surface area (Å²) in [5, 5.41) is 4.20. The minimum absolute atomic E-state index is 0.167. The van der Waals surface area contributed by atoms with Crippen LogP contribution in [0.1, 0.15) is 46.2 Å². The lowest BCUT2D eigenvalue weighted by atomic mass is 10.0. The number of aromatic nitrogens is 1. The molecule has 1 aromatic heterocycles. The predicted molar refractivity (Wildman–Crippen MR) is 106 cm³/mol. The normalized spacial score (nSPS) is 15.9. The lowest BCUT2D eigenvalue weighted by molar-refractivity contribution is 0.0497. The van der Waals surface area contributed by atoms with Gasteiger partial charge in [-0.3, -0.25) is 4.98 Å². The van der Waals surface area contributed by atoms with Crippen LogP contribution < -0.4 is 10.2 Å². The molecule has 0 aliphatic carbocycles. The number of piperidine rings is 1. The summed E-state index contributed by atoms with van der Waals surface area (Å²) in [7, 11) is 0. The number of aryl methyl sites for hydroxylation is 1. The van der Waals surface area contributed by atoms with Crippen molar-refractivity contribution in [3.05, 3.63) is 36.0 Å². The summed E-state index contributed by atoms with van der Waals surface area (Å²) in [6, 6.07) is 10.7. The highest BCUT2D eigenvalue weighted by Gasteiger charge is 2.24. The molecule has 1 aromatic carbocycles. The number of benzene rings is 1. The van der Waals surface area contributed by atoms with Crippen LogP contribution >= 0.6 is 0 Å². The van der Waals surface area contributed by atoms with Gasteiger partial charge in [0.05, 0.1) is 5.52 Å². The van der Waals surface area contributed by atoms with Crippen LogP contribution in [-0.4, -0.2) is 35.8 Å². The maximum Gasteiger partial charge on any atom is 0.407 e. The van der Waals surface area contributed by atoms with Crippen molar-refractivity contribution >= 4 is 22.7 Å². The molecule has 2 aromatic rings. The van der Waals surface area contributed by atoms with Gasteiger partial charge in [-0.2, -0.15) is 0 Å². The molecular weight excluding hydrogens is 326 g/mol. The Morgan fingerprint density at radius 3 is 2.62 bits per heavy atom. The Balaban J connectivity index is 1.69. The fourth-order valence-electron chi connectivity index (χ4n) is 3.39. The molecular formula is C21H29N3O2. The second kappa shape index (κ2) is 7.52. The van der Waals surface area contributed by atoms with Gasteiger partial charge in [0.2, 0.25) is 0 Å². The Bertz CT molecular complexity index is 774. The Morgan fingerprint density at radius 2 is 1.96 bits per heavy atom. The third-order valence-corrected chi connectivity index (χ3v) is 4.67. The number of ether oxygens (including phenoxy) is 1. The van der Waals surface area contributed by atoms with Crippen molar-refractivity contribution in [2.45, 2.75) is 58.6 Å². The Labute approximate surface area is 155 Å². The number of pyridine rings is 1. The molecule has 0 atom stereocenters. The number of carbonyl (C=O) groups is 1. The van der Waals surface area contributed by atoms with E-state index in [4.69, 9.17) is 9.72 Å². The summed E-state index contributed by atoms with van der Waals surface area (Å²) < 4.78 is 5.37. The molecule has 1 saturated heterocycles. The zero-order valence-corrected chi connectivity index (χ0v) is 16.2. The van der Waals surface area contributed by atoms with Crippen molar-refractivity contribution in [1.29, 1.82) is 0 Å². The molecule has 5 nitrogen and oxygen atoms in total. The first kappa shape index (κ1) is 18.5. The molecule has 0 unspecified atom stereocenters. The lowest BCUT2D eigenvalue weighted by Crippen LogP contribution is -2.46. The van der Waals surface area contributed by atoms with Gasteiger partial charge < -0.3 is 15.0 Å². The van der Waals surface area contributed by atoms with Gasteiger partial charge in [-0.15, -0.1) is 0 Å². The van der Waals surface area contributed by atoms with E-state index in [0.29, 0.717) is 0 Å². The monoisotopic (exact) mass is 355 g/mol. The average Bonchev–Trinajstić information content (AvgIpc) is 2.60. The topological polar surface area (TPSA) is 54.5 Å². The number of nitrogens with zero attached hydrogens (tertiary/aromatic N) is 2. The summed E-state index contributed by atoms with van der Waals surface area (Å²) in [5.74, 6) is 0. The number of rotatable bonds is 3. The fourth-order valence-corrected chi connectivity index (χ4v) is 3.39. The molecule has 1 fully saturated rings. The number of hydrogen-bond donors (Lipinski definition) is 1. The molecule has 1 amide bonds. The molecule has 0 radical (unpaired) electrons. The van der Waals surface area contributed by atoms with Crippen LogP contribution in [0.4, 0.5) is 10.5 Å². The van der Waals surface area contributed by atoms with E-state index < -0.39 is 5.60 Å². The Hall–Kier alpha value is -2.30. The Morgan fingerprint density at radius 1 is 1.27 bits per heavy atom. The minimum atomic E-state index is -0.461. The lowest BCUT2D eigenvalue weighted by Gasteiger charge is -2.35. The number of carbonyl (C=O) groups excluding carboxylic acids is 1. The smallest absolute Gasteiger partial charge is 0.407 e. The van der Waals surface area contributed by atoms with E-state index in [-0.39, 0.29) is 12.1 Å². The van der Waals surface area contributed by atoms with Crippen LogP contribution in [0.25, 0.3) is 10.9 Å². The van der Waals surface area contributed by atoms with E-state index >= 15 is 0 Å². The van der Waals surface area contributed by atoms with Gasteiger partial charge in [-0.05, 0) is 52.2 Å². The van der Waals surface area contributed by atoms with Crippen molar-refractivity contribution in [1.82, 2.24) is 10.3 Å². The molecule has 1 aliphatic heterocycles. The highest BCUT2D eigenvalue weighted by molar-refractivity contribution is 5.92. The van der Waals surface area contributed by atoms with Crippen molar-refractivity contribution < 1.29 is 9.53 Å². The van der Waals surface area contributed by atoms with Gasteiger partial charge in [-0.25, -0.2) is 4.79 Å². The van der Waals surface area contributed by atoms with E-state index in [1.165, 1.54) is 11.1 Å². The molecule has 2 heterocycles. The van der Waals surface area contributed by atoms with E-state index in [9.17, 15) is 4.79 Å². The van der Waals surface area contributed by atoms with Gasteiger partial charge in [0.15, 0.2) is 0 Å². The molecule has 26 heavy (non-hydrogen) atoms. The number of para-hydroxylation sites is 1. The zero-order chi connectivity index (χ0) is 18.7. The van der Waals surface area contributed by atoms with Gasteiger partial charge in [-0.1, -0.05) is 25.1 Å². The highest BCUT2D eigenvalue weighted by Crippen LogP contribution is 2.29. The van der Waals surface area contributed by atoms with Crippen LogP contribution in [0.15, 0.2) is 30.3 Å². The third kappa shape index (κ3) is 4.45. The first-order valence-corrected chi connectivity index (χ1v) is 9.49. The molecule has 0 spiro atoms. The summed E-state index contributed by atoms with van der Waals surface area (Å²) in [6.45, 7) is 9.62. The van der Waals surface area contributed by atoms with Crippen LogP contribution in [0, 0.1) is 0 Å². The molecule has 5 heteroatoms. The predicted octanol–water partition coefficient (Wildman–Crippen LogP) is 4.29. The van der Waals surface area contributed by atoms with Crippen LogP contribution in [0.2, 0.25) is 0 Å². The van der Waals surface area contributed by atoms with Crippen molar-refractivity contribution in [2.24, 2.45) is 0 Å². The van der Waals surface area contributed by atoms with Gasteiger partial charge >= 0.3 is 6.09 Å². The Kier molecular flexibility index (Phi) is 5.35. The maximum atomic E-state index is 12.0. The molecule has 1 aliphatic rings. The molecule has 0 saturated carbocycles. The average molecular weight is 355 g/mol. The standard InChI is InChI=1S/C21H29N3O2/c1-5-15-14-19(17-8-6-7-9-18(17)22-15)24-12-10-16(11-13-24)23-20(25)26-21(2,3)4/h6-9,14,16H,5,10-13H2,1-4H3,(H,23,25). The van der Waals surface area contributed by atoms with E-state index in [2.05, 4.69) is 41.4 Å². The SMILES string of the molecule is CCc1cc(N2CCC(NC(=O)OC(C)(C)C)CC2)c2ccccc2n1. The summed E-state index contributed by atoms with van der Waals surface area (Å²) in [5.41, 5.74) is 2.96. The summed E-state index contributed by atoms with van der Waals surface area (Å²) in [6.07, 6.45) is 2.43. The van der Waals surface area contributed by atoms with Crippen LogP contribution in [0.5, 0.6) is 0 Å². The zero-order valence-electron chi connectivity index (χ0n) is 16.2. The first-order chi connectivity index (χ1) is 12.4. The van der Waals surface area contributed by atoms with Crippen molar-refractivity contribution in [3.8, 4) is 0 Å². The highest BCUT2D eigenvalue weighted by atomic mass is 16.6. The van der Waals surface area contributed by atoms with Crippen molar-refractivity contribution in [3.63, 3.8) is 0 Å². The number of hydrogen-bond acceptors (Lipinski definition) is 4. The second-order valence-electron chi connectivity index (χ2n) is 7.91. The third-order valence-electron chi connectivity index (χ3n) is 4.67.